The van der Waals surface area contributed by atoms with Gasteiger partial charge in [0.05, 0.1) is 0 Å². The van der Waals surface area contributed by atoms with Crippen LogP contribution in [0.3, 0.4) is 0 Å². The van der Waals surface area contributed by atoms with Gasteiger partial charge in [-0.2, -0.15) is 0 Å². The third-order valence-electron chi connectivity index (χ3n) is 14.5. The molecule has 420 valence electrons. The van der Waals surface area contributed by atoms with Crippen LogP contribution in [0.1, 0.15) is 101 Å². The number of nitrogens with one attached hydrogen (secondary N) is 5. The van der Waals surface area contributed by atoms with Crippen molar-refractivity contribution in [2.75, 3.05) is 64.4 Å². The quantitative estimate of drug-likeness (QED) is 0.0603. The Kier molecular flexibility index (Phi) is 17.6. The van der Waals surface area contributed by atoms with Gasteiger partial charge in [-0.3, -0.25) is 19.8 Å². The molecule has 4 fully saturated rings. The molecule has 0 saturated carbocycles. The van der Waals surface area contributed by atoms with Crippen LogP contribution in [0.15, 0.2) is 97.1 Å². The van der Waals surface area contributed by atoms with Gasteiger partial charge in [-0.25, -0.2) is 28.8 Å². The Morgan fingerprint density at radius 3 is 1.32 bits per heavy atom. The Morgan fingerprint density at radius 2 is 0.949 bits per heavy atom. The summed E-state index contributed by atoms with van der Waals surface area (Å²) in [5.41, 5.74) is 6.42. The van der Waals surface area contributed by atoms with Crippen molar-refractivity contribution in [1.82, 2.24) is 41.3 Å². The fourth-order valence-corrected chi connectivity index (χ4v) is 10.8. The predicted molar refractivity (Wildman–Crippen MR) is 296 cm³/mol. The highest BCUT2D eigenvalue weighted by Gasteiger charge is 2.53. The number of benzene rings is 4. The summed E-state index contributed by atoms with van der Waals surface area (Å²) < 4.78 is 21.6. The topological polar surface area (TPSA) is 243 Å². The van der Waals surface area contributed by atoms with E-state index >= 15 is 0 Å². The molecule has 0 unspecified atom stereocenters. The van der Waals surface area contributed by atoms with Crippen LogP contribution in [-0.2, 0) is 28.5 Å². The summed E-state index contributed by atoms with van der Waals surface area (Å²) in [6, 6.07) is 31.8. The molecule has 4 saturated heterocycles. The first-order valence-electron chi connectivity index (χ1n) is 26.6. The third kappa shape index (κ3) is 13.4. The number of nitrogens with zero attached hydrogens (tertiary/aromatic N) is 3. The number of ether oxygens (including phenoxy) is 4. The van der Waals surface area contributed by atoms with Crippen molar-refractivity contribution in [2.45, 2.75) is 101 Å². The van der Waals surface area contributed by atoms with Gasteiger partial charge in [-0.1, -0.05) is 113 Å². The van der Waals surface area contributed by atoms with Crippen molar-refractivity contribution in [3.8, 4) is 22.3 Å². The number of hydrogen-bond acceptors (Lipinski definition) is 12. The van der Waals surface area contributed by atoms with E-state index in [0.29, 0.717) is 65.0 Å². The fourth-order valence-electron chi connectivity index (χ4n) is 10.6. The molecule has 4 aliphatic heterocycles. The van der Waals surface area contributed by atoms with E-state index in [4.69, 9.17) is 18.9 Å². The van der Waals surface area contributed by atoms with Gasteiger partial charge < -0.3 is 50.0 Å². The number of alkyl carbamates (subject to hydrolysis) is 2. The maximum absolute atomic E-state index is 13.2. The second kappa shape index (κ2) is 24.1. The molecule has 2 aliphatic carbocycles. The number of carbonyl (C=O) groups is 8. The van der Waals surface area contributed by atoms with Gasteiger partial charge in [0.2, 0.25) is 0 Å². The smallest absolute Gasteiger partial charge is 0.410 e. The monoisotopic (exact) mass is 1150 g/mol. The summed E-state index contributed by atoms with van der Waals surface area (Å²) >= 11 is 3.27. The van der Waals surface area contributed by atoms with Crippen LogP contribution < -0.4 is 26.6 Å². The van der Waals surface area contributed by atoms with Crippen LogP contribution in [-0.4, -0.2) is 150 Å². The van der Waals surface area contributed by atoms with Crippen LogP contribution in [0.25, 0.3) is 22.3 Å². The lowest BCUT2D eigenvalue weighted by atomic mass is 9.87. The highest BCUT2D eigenvalue weighted by atomic mass is 79.9. The van der Waals surface area contributed by atoms with Crippen molar-refractivity contribution in [1.29, 1.82) is 0 Å². The number of halogens is 1. The molecule has 0 aromatic heterocycles. The van der Waals surface area contributed by atoms with Gasteiger partial charge in [-0.15, -0.1) is 0 Å². The van der Waals surface area contributed by atoms with E-state index < -0.39 is 46.5 Å². The summed E-state index contributed by atoms with van der Waals surface area (Å²) in [5.74, 6) is -0.584. The Balaban J connectivity index is 0.000000172. The number of fused-ring (bicyclic) bond motifs is 6. The minimum absolute atomic E-state index is 0.0202. The summed E-state index contributed by atoms with van der Waals surface area (Å²) in [7, 11) is 0. The van der Waals surface area contributed by atoms with Crippen molar-refractivity contribution < 1.29 is 57.3 Å². The SMILES string of the molecule is CC(C)(C)OC(=O)N1CCC2(CC1)NC(=O)N(CCNC(=O)OCC1c3ccccc3-c3ccccc31)C2=O.CC(C)(C)OC(=O)N1CCC2(CC1)NC(=O)NC2=O.O=C(NCCBr)OCC1c2ccccc2-c2ccccc21. The largest absolute Gasteiger partial charge is 0.449 e. The molecule has 4 aromatic rings. The maximum atomic E-state index is 13.2. The molecule has 4 aromatic carbocycles. The van der Waals surface area contributed by atoms with E-state index in [2.05, 4.69) is 78.9 Å². The van der Waals surface area contributed by atoms with Crippen LogP contribution >= 0.6 is 15.9 Å². The zero-order valence-corrected chi connectivity index (χ0v) is 47.0. The van der Waals surface area contributed by atoms with Crippen molar-refractivity contribution in [3.63, 3.8) is 0 Å². The number of rotatable bonds is 9. The van der Waals surface area contributed by atoms with Crippen molar-refractivity contribution in [2.24, 2.45) is 0 Å². The van der Waals surface area contributed by atoms with Crippen molar-refractivity contribution in [3.05, 3.63) is 119 Å². The molecule has 0 bridgehead atoms. The number of imide groups is 2. The molecule has 0 atom stereocenters. The van der Waals surface area contributed by atoms with Gasteiger partial charge in [-0.05, 0) is 112 Å². The number of amides is 10. The molecule has 10 rings (SSSR count). The number of urea groups is 2. The zero-order valence-electron chi connectivity index (χ0n) is 45.4. The number of likely N-dealkylation sites (tertiary alicyclic amines) is 2. The predicted octanol–water partition coefficient (Wildman–Crippen LogP) is 8.36. The first-order valence-corrected chi connectivity index (χ1v) is 27.7. The molecule has 21 heteroatoms. The molecule has 0 radical (unpaired) electrons. The van der Waals surface area contributed by atoms with Crippen LogP contribution in [0.4, 0.5) is 28.8 Å². The Bertz CT molecular complexity index is 2870. The van der Waals surface area contributed by atoms with Crippen LogP contribution in [0, 0.1) is 0 Å². The summed E-state index contributed by atoms with van der Waals surface area (Å²) in [5, 5.41) is 13.8. The normalized spacial score (nSPS) is 17.6. The Morgan fingerprint density at radius 1 is 0.570 bits per heavy atom. The first kappa shape index (κ1) is 57.5. The second-order valence-corrected chi connectivity index (χ2v) is 22.9. The third-order valence-corrected chi connectivity index (χ3v) is 14.9. The van der Waals surface area contributed by atoms with Crippen LogP contribution in [0.5, 0.6) is 0 Å². The Hall–Kier alpha value is -7.68. The lowest BCUT2D eigenvalue weighted by molar-refractivity contribution is -0.133. The van der Waals surface area contributed by atoms with Gasteiger partial charge in [0.15, 0.2) is 0 Å². The highest BCUT2D eigenvalue weighted by Crippen LogP contribution is 2.46. The summed E-state index contributed by atoms with van der Waals surface area (Å²) in [6.45, 7) is 13.4. The van der Waals surface area contributed by atoms with Gasteiger partial charge in [0.25, 0.3) is 11.8 Å². The zero-order chi connectivity index (χ0) is 56.7. The minimum atomic E-state index is -1.04. The van der Waals surface area contributed by atoms with E-state index in [0.717, 1.165) is 32.5 Å². The number of hydrogen-bond donors (Lipinski definition) is 5. The van der Waals surface area contributed by atoms with E-state index in [9.17, 15) is 38.4 Å². The lowest BCUT2D eigenvalue weighted by Gasteiger charge is -2.37. The van der Waals surface area contributed by atoms with E-state index in [1.807, 2.05) is 60.7 Å². The molecule has 2 spiro atoms. The van der Waals surface area contributed by atoms with Gasteiger partial charge in [0.1, 0.15) is 35.5 Å². The molecule has 4 heterocycles. The molecule has 5 N–H and O–H groups in total. The average molecular weight is 1150 g/mol. The molecular formula is C58H69BrN8O12. The number of alkyl halides is 1. The molecule has 79 heavy (non-hydrogen) atoms. The molecule has 20 nitrogen and oxygen atoms in total. The standard InChI is InChI=1S/C29H34N4O6.C17H16BrNO2.C12H19N3O4/c1-28(2,3)39-27(37)32-15-12-29(13-16-32)24(34)33(25(35)31-29)17-14-30-26(36)38-18-23-21-10-6-4-8-19(21)20-9-5-7-11-22(20)23;18-9-10-19-17(20)21-11-16-14-7-3-1-5-12(14)13-6-2-4-8-15(13)16;1-11(2,3)19-10(18)15-6-4-12(5-7-15)8(16)13-9(17)14-12/h4-11,23H,12-18H2,1-3H3,(H,30,36)(H,31,35);1-8,16H,9-11H2,(H,19,20);4-7H2,1-3H3,(H2,13,14,16,17). The molecular weight excluding hydrogens is 1080 g/mol. The number of piperidine rings is 2. The highest BCUT2D eigenvalue weighted by molar-refractivity contribution is 9.09. The molecule has 10 amide bonds. The summed E-state index contributed by atoms with van der Waals surface area (Å²) in [6.07, 6.45) is -0.376. The fraction of sp³-hybridized carbons (Fsp3) is 0.448. The number of carbonyl (C=O) groups excluding carboxylic acids is 8. The lowest BCUT2D eigenvalue weighted by Crippen LogP contribution is -2.56. The Labute approximate surface area is 468 Å². The average Bonchev–Trinajstić information content (AvgIpc) is 4.25. The molecule has 6 aliphatic rings. The minimum Gasteiger partial charge on any atom is -0.449 e. The van der Waals surface area contributed by atoms with Crippen molar-refractivity contribution >= 4 is 64.2 Å². The maximum Gasteiger partial charge on any atom is 0.410 e. The van der Waals surface area contributed by atoms with Crippen LogP contribution in [0.2, 0.25) is 0 Å². The van der Waals surface area contributed by atoms with Gasteiger partial charge in [0, 0.05) is 63.0 Å². The second-order valence-electron chi connectivity index (χ2n) is 22.1. The summed E-state index contributed by atoms with van der Waals surface area (Å²) in [4.78, 5) is 101. The first-order chi connectivity index (χ1) is 37.6. The van der Waals surface area contributed by atoms with E-state index in [1.165, 1.54) is 22.3 Å². The van der Waals surface area contributed by atoms with E-state index in [1.54, 1.807) is 51.3 Å². The van der Waals surface area contributed by atoms with Gasteiger partial charge >= 0.3 is 36.4 Å². The van der Waals surface area contributed by atoms with E-state index in [-0.39, 0.29) is 55.5 Å².